The molecule has 1 aromatic rings. The van der Waals surface area contributed by atoms with Crippen molar-refractivity contribution in [1.82, 2.24) is 5.32 Å². The zero-order chi connectivity index (χ0) is 11.2. The molecule has 0 bridgehead atoms. The molecular formula is C14H21NO. The Morgan fingerprint density at radius 2 is 2.00 bits per heavy atom. The van der Waals surface area contributed by atoms with Crippen molar-refractivity contribution in [3.8, 4) is 0 Å². The Morgan fingerprint density at radius 1 is 1.19 bits per heavy atom. The maximum Gasteiger partial charge on any atom is 0.0973 e. The highest BCUT2D eigenvalue weighted by molar-refractivity contribution is 5.19. The van der Waals surface area contributed by atoms with E-state index in [0.717, 1.165) is 6.54 Å². The van der Waals surface area contributed by atoms with Crippen LogP contribution in [0.4, 0.5) is 0 Å². The minimum atomic E-state index is 0.194. The second kappa shape index (κ2) is 6.02. The van der Waals surface area contributed by atoms with E-state index in [0.29, 0.717) is 6.04 Å². The minimum absolute atomic E-state index is 0.194. The standard InChI is InChI=1S/C14H21NO/c1-16-14(12-8-4-2-5-9-12)13-10-6-3-7-11-15-13/h2,4-5,8-9,13-15H,3,6-7,10-11H2,1H3. The Hall–Kier alpha value is -0.860. The molecule has 1 N–H and O–H groups in total. The Balaban J connectivity index is 2.09. The summed E-state index contributed by atoms with van der Waals surface area (Å²) in [5, 5.41) is 3.61. The first kappa shape index (κ1) is 11.6. The third kappa shape index (κ3) is 2.83. The minimum Gasteiger partial charge on any atom is -0.375 e. The van der Waals surface area contributed by atoms with Crippen LogP contribution in [-0.4, -0.2) is 19.7 Å². The van der Waals surface area contributed by atoms with E-state index in [1.165, 1.54) is 31.2 Å². The van der Waals surface area contributed by atoms with Gasteiger partial charge in [0.1, 0.15) is 0 Å². The fourth-order valence-electron chi connectivity index (χ4n) is 2.49. The van der Waals surface area contributed by atoms with Gasteiger partial charge in [-0.25, -0.2) is 0 Å². The molecule has 2 atom stereocenters. The van der Waals surface area contributed by atoms with Gasteiger partial charge in [0.15, 0.2) is 0 Å². The molecule has 1 heterocycles. The van der Waals surface area contributed by atoms with Crippen molar-refractivity contribution in [2.45, 2.75) is 37.8 Å². The van der Waals surface area contributed by atoms with Crippen LogP contribution < -0.4 is 5.32 Å². The zero-order valence-corrected chi connectivity index (χ0v) is 9.99. The topological polar surface area (TPSA) is 21.3 Å². The number of ether oxygens (including phenoxy) is 1. The molecule has 0 aliphatic carbocycles. The first-order valence-corrected chi connectivity index (χ1v) is 6.23. The van der Waals surface area contributed by atoms with Gasteiger partial charge in [0.05, 0.1) is 6.10 Å². The largest absolute Gasteiger partial charge is 0.375 e. The van der Waals surface area contributed by atoms with Crippen LogP contribution in [0.3, 0.4) is 0 Å². The number of nitrogens with one attached hydrogen (secondary N) is 1. The number of rotatable bonds is 3. The SMILES string of the molecule is COC(c1ccccc1)C1CCCCCN1. The first-order valence-electron chi connectivity index (χ1n) is 6.23. The van der Waals surface area contributed by atoms with Crippen molar-refractivity contribution in [2.75, 3.05) is 13.7 Å². The van der Waals surface area contributed by atoms with Crippen LogP contribution >= 0.6 is 0 Å². The molecule has 0 radical (unpaired) electrons. The van der Waals surface area contributed by atoms with E-state index in [2.05, 4.69) is 35.6 Å². The van der Waals surface area contributed by atoms with Gasteiger partial charge in [0.25, 0.3) is 0 Å². The number of hydrogen-bond donors (Lipinski definition) is 1. The van der Waals surface area contributed by atoms with Crippen LogP contribution in [0, 0.1) is 0 Å². The Labute approximate surface area is 98.0 Å². The van der Waals surface area contributed by atoms with Gasteiger partial charge in [-0.3, -0.25) is 0 Å². The fourth-order valence-corrected chi connectivity index (χ4v) is 2.49. The molecule has 2 rings (SSSR count). The fraction of sp³-hybridized carbons (Fsp3) is 0.571. The zero-order valence-electron chi connectivity index (χ0n) is 9.99. The quantitative estimate of drug-likeness (QED) is 0.844. The van der Waals surface area contributed by atoms with Crippen molar-refractivity contribution in [3.05, 3.63) is 35.9 Å². The van der Waals surface area contributed by atoms with Gasteiger partial charge in [0, 0.05) is 13.2 Å². The van der Waals surface area contributed by atoms with Gasteiger partial charge in [-0.1, -0.05) is 43.2 Å². The average Bonchev–Trinajstić information content (AvgIpc) is 2.61. The van der Waals surface area contributed by atoms with E-state index in [-0.39, 0.29) is 6.10 Å². The van der Waals surface area contributed by atoms with Crippen molar-refractivity contribution in [3.63, 3.8) is 0 Å². The van der Waals surface area contributed by atoms with Crippen LogP contribution in [0.5, 0.6) is 0 Å². The van der Waals surface area contributed by atoms with Crippen LogP contribution in [0.15, 0.2) is 30.3 Å². The van der Waals surface area contributed by atoms with Gasteiger partial charge in [-0.15, -0.1) is 0 Å². The van der Waals surface area contributed by atoms with Crippen LogP contribution in [0.2, 0.25) is 0 Å². The molecule has 1 aliphatic rings. The van der Waals surface area contributed by atoms with E-state index < -0.39 is 0 Å². The van der Waals surface area contributed by atoms with Gasteiger partial charge < -0.3 is 10.1 Å². The predicted octanol–water partition coefficient (Wildman–Crippen LogP) is 2.91. The highest BCUT2D eigenvalue weighted by Gasteiger charge is 2.23. The summed E-state index contributed by atoms with van der Waals surface area (Å²) in [4.78, 5) is 0. The summed E-state index contributed by atoms with van der Waals surface area (Å²) < 4.78 is 5.67. The van der Waals surface area contributed by atoms with Crippen molar-refractivity contribution >= 4 is 0 Å². The first-order chi connectivity index (χ1) is 7.92. The third-order valence-electron chi connectivity index (χ3n) is 3.35. The molecule has 1 saturated heterocycles. The molecule has 88 valence electrons. The van der Waals surface area contributed by atoms with Gasteiger partial charge in [-0.05, 0) is 24.9 Å². The maximum atomic E-state index is 5.67. The van der Waals surface area contributed by atoms with Crippen molar-refractivity contribution in [2.24, 2.45) is 0 Å². The molecule has 2 heteroatoms. The molecule has 1 fully saturated rings. The smallest absolute Gasteiger partial charge is 0.0973 e. The second-order valence-electron chi connectivity index (χ2n) is 4.48. The van der Waals surface area contributed by atoms with Crippen LogP contribution in [0.1, 0.15) is 37.4 Å². The summed E-state index contributed by atoms with van der Waals surface area (Å²) >= 11 is 0. The molecule has 2 nitrogen and oxygen atoms in total. The summed E-state index contributed by atoms with van der Waals surface area (Å²) in [6.45, 7) is 1.12. The monoisotopic (exact) mass is 219 g/mol. The van der Waals surface area contributed by atoms with Crippen LogP contribution in [-0.2, 0) is 4.74 Å². The number of methoxy groups -OCH3 is 1. The highest BCUT2D eigenvalue weighted by Crippen LogP contribution is 2.25. The van der Waals surface area contributed by atoms with Crippen molar-refractivity contribution in [1.29, 1.82) is 0 Å². The maximum absolute atomic E-state index is 5.67. The predicted molar refractivity (Wildman–Crippen MR) is 66.5 cm³/mol. The molecule has 16 heavy (non-hydrogen) atoms. The van der Waals surface area contributed by atoms with E-state index in [1.54, 1.807) is 0 Å². The summed E-state index contributed by atoms with van der Waals surface area (Å²) in [6.07, 6.45) is 5.35. The van der Waals surface area contributed by atoms with Gasteiger partial charge in [0.2, 0.25) is 0 Å². The van der Waals surface area contributed by atoms with E-state index in [9.17, 15) is 0 Å². The number of benzene rings is 1. The Kier molecular flexibility index (Phi) is 4.37. The molecule has 0 aromatic heterocycles. The lowest BCUT2D eigenvalue weighted by Gasteiger charge is -2.26. The molecule has 1 aromatic carbocycles. The summed E-state index contributed by atoms with van der Waals surface area (Å²) in [6, 6.07) is 11.0. The second-order valence-corrected chi connectivity index (χ2v) is 4.48. The Bertz CT molecular complexity index is 291. The summed E-state index contributed by atoms with van der Waals surface area (Å²) in [7, 11) is 1.81. The van der Waals surface area contributed by atoms with Crippen LogP contribution in [0.25, 0.3) is 0 Å². The molecule has 0 saturated carbocycles. The van der Waals surface area contributed by atoms with E-state index in [1.807, 2.05) is 7.11 Å². The third-order valence-corrected chi connectivity index (χ3v) is 3.35. The van der Waals surface area contributed by atoms with Gasteiger partial charge >= 0.3 is 0 Å². The van der Waals surface area contributed by atoms with E-state index >= 15 is 0 Å². The van der Waals surface area contributed by atoms with Crippen molar-refractivity contribution < 1.29 is 4.74 Å². The lowest BCUT2D eigenvalue weighted by Crippen LogP contribution is -2.35. The lowest BCUT2D eigenvalue weighted by molar-refractivity contribution is 0.0665. The molecular weight excluding hydrogens is 198 g/mol. The molecule has 2 unspecified atom stereocenters. The summed E-state index contributed by atoms with van der Waals surface area (Å²) in [5.41, 5.74) is 1.28. The molecule has 0 spiro atoms. The molecule has 1 aliphatic heterocycles. The van der Waals surface area contributed by atoms with E-state index in [4.69, 9.17) is 4.74 Å². The van der Waals surface area contributed by atoms with Gasteiger partial charge in [-0.2, -0.15) is 0 Å². The number of hydrogen-bond acceptors (Lipinski definition) is 2. The summed E-state index contributed by atoms with van der Waals surface area (Å²) in [5.74, 6) is 0. The highest BCUT2D eigenvalue weighted by atomic mass is 16.5. The molecule has 0 amide bonds. The Morgan fingerprint density at radius 3 is 2.75 bits per heavy atom. The lowest BCUT2D eigenvalue weighted by atomic mass is 9.98. The normalized spacial score (nSPS) is 23.7. The average molecular weight is 219 g/mol.